The minimum Gasteiger partial charge on any atom is -0.357 e. The van der Waals surface area contributed by atoms with Crippen molar-refractivity contribution in [1.82, 2.24) is 14.9 Å². The van der Waals surface area contributed by atoms with Crippen molar-refractivity contribution in [2.45, 2.75) is 32.7 Å². The van der Waals surface area contributed by atoms with E-state index in [2.05, 4.69) is 42.0 Å². The lowest BCUT2D eigenvalue weighted by Gasteiger charge is -2.29. The van der Waals surface area contributed by atoms with Gasteiger partial charge in [0.05, 0.1) is 12.3 Å². The van der Waals surface area contributed by atoms with Gasteiger partial charge < -0.3 is 10.6 Å². The van der Waals surface area contributed by atoms with E-state index < -0.39 is 10.0 Å². The van der Waals surface area contributed by atoms with Crippen molar-refractivity contribution in [2.75, 3.05) is 32.4 Å². The second kappa shape index (κ2) is 10.7. The molecule has 2 heterocycles. The number of nitrogens with one attached hydrogen (secondary N) is 2. The van der Waals surface area contributed by atoms with Crippen LogP contribution in [0.5, 0.6) is 0 Å². The first-order valence-electron chi connectivity index (χ1n) is 8.43. The van der Waals surface area contributed by atoms with Crippen LogP contribution in [0.15, 0.2) is 22.5 Å². The fourth-order valence-electron chi connectivity index (χ4n) is 2.78. The fourth-order valence-corrected chi connectivity index (χ4v) is 4.39. The summed E-state index contributed by atoms with van der Waals surface area (Å²) in [4.78, 5) is 5.98. The molecule has 1 aliphatic heterocycles. The van der Waals surface area contributed by atoms with Gasteiger partial charge in [-0.3, -0.25) is 4.99 Å². The van der Waals surface area contributed by atoms with Crippen LogP contribution in [0.1, 0.15) is 37.6 Å². The number of guanidine groups is 1. The molecule has 1 aliphatic rings. The van der Waals surface area contributed by atoms with E-state index in [1.165, 1.54) is 11.1 Å². The predicted octanol–water partition coefficient (Wildman–Crippen LogP) is 2.65. The highest BCUT2D eigenvalue weighted by molar-refractivity contribution is 14.0. The van der Waals surface area contributed by atoms with E-state index in [4.69, 9.17) is 4.99 Å². The van der Waals surface area contributed by atoms with Crippen LogP contribution in [0.2, 0.25) is 0 Å². The number of hydrogen-bond donors (Lipinski definition) is 2. The Bertz CT molecular complexity index is 627. The van der Waals surface area contributed by atoms with Crippen molar-refractivity contribution in [3.05, 3.63) is 22.4 Å². The summed E-state index contributed by atoms with van der Waals surface area (Å²) in [6.45, 7) is 6.93. The SMILES string of the molecule is CCNC(=NCC1CCN(S(C)(=O)=O)CC1)NC(C)c1cccs1.I. The predicted molar refractivity (Wildman–Crippen MR) is 116 cm³/mol. The Balaban J connectivity index is 0.00000312. The Labute approximate surface area is 172 Å². The average Bonchev–Trinajstić information content (AvgIpc) is 3.07. The molecule has 1 fully saturated rings. The summed E-state index contributed by atoms with van der Waals surface area (Å²) >= 11 is 1.73. The maximum Gasteiger partial charge on any atom is 0.211 e. The van der Waals surface area contributed by atoms with E-state index in [1.807, 2.05) is 0 Å². The quantitative estimate of drug-likeness (QED) is 0.358. The summed E-state index contributed by atoms with van der Waals surface area (Å²) in [6.07, 6.45) is 3.03. The number of sulfonamides is 1. The molecule has 0 aromatic carbocycles. The first kappa shape index (κ1) is 22.7. The first-order chi connectivity index (χ1) is 11.4. The van der Waals surface area contributed by atoms with Crippen LogP contribution in [0.25, 0.3) is 0 Å². The maximum atomic E-state index is 11.6. The normalized spacial score (nSPS) is 18.4. The van der Waals surface area contributed by atoms with Gasteiger partial charge in [-0.15, -0.1) is 35.3 Å². The molecule has 2 N–H and O–H groups in total. The van der Waals surface area contributed by atoms with Crippen molar-refractivity contribution in [2.24, 2.45) is 10.9 Å². The third kappa shape index (κ3) is 7.40. The monoisotopic (exact) mass is 500 g/mol. The average molecular weight is 500 g/mol. The molecule has 0 aliphatic carbocycles. The molecule has 144 valence electrons. The highest BCUT2D eigenvalue weighted by Gasteiger charge is 2.24. The summed E-state index contributed by atoms with van der Waals surface area (Å²) in [6, 6.07) is 4.39. The van der Waals surface area contributed by atoms with E-state index in [0.717, 1.165) is 31.9 Å². The Hall–Kier alpha value is -0.390. The molecule has 1 aromatic heterocycles. The van der Waals surface area contributed by atoms with Crippen molar-refractivity contribution in [1.29, 1.82) is 0 Å². The lowest BCUT2D eigenvalue weighted by atomic mass is 9.98. The highest BCUT2D eigenvalue weighted by atomic mass is 127. The number of halogens is 1. The number of nitrogens with zero attached hydrogens (tertiary/aromatic N) is 2. The third-order valence-corrected chi connectivity index (χ3v) is 6.58. The minimum absolute atomic E-state index is 0. The summed E-state index contributed by atoms with van der Waals surface area (Å²) < 4.78 is 24.7. The van der Waals surface area contributed by atoms with Gasteiger partial charge in [0.25, 0.3) is 0 Å². The smallest absolute Gasteiger partial charge is 0.211 e. The molecule has 0 spiro atoms. The zero-order valence-corrected chi connectivity index (χ0v) is 19.0. The molecule has 0 amide bonds. The number of thiophene rings is 1. The second-order valence-electron chi connectivity index (χ2n) is 6.21. The van der Waals surface area contributed by atoms with Crippen LogP contribution in [-0.4, -0.2) is 51.1 Å². The molecule has 6 nitrogen and oxygen atoms in total. The standard InChI is InChI=1S/C16H28N4O2S2.HI/c1-4-17-16(19-13(2)15-6-5-11-23-15)18-12-14-7-9-20(10-8-14)24(3,21)22;/h5-6,11,13-14H,4,7-10,12H2,1-3H3,(H2,17,18,19);1H. The van der Waals surface area contributed by atoms with Gasteiger partial charge >= 0.3 is 0 Å². The number of hydrogen-bond acceptors (Lipinski definition) is 4. The van der Waals surface area contributed by atoms with Gasteiger partial charge in [-0.2, -0.15) is 0 Å². The van der Waals surface area contributed by atoms with Gasteiger partial charge in [0.2, 0.25) is 10.0 Å². The Morgan fingerprint density at radius 3 is 2.64 bits per heavy atom. The van der Waals surface area contributed by atoms with Gasteiger partial charge in [-0.25, -0.2) is 12.7 Å². The van der Waals surface area contributed by atoms with Gasteiger partial charge in [0, 0.05) is 31.1 Å². The number of piperidine rings is 1. The van der Waals surface area contributed by atoms with Gasteiger partial charge in [0.1, 0.15) is 0 Å². The van der Waals surface area contributed by atoms with E-state index in [-0.39, 0.29) is 30.0 Å². The number of rotatable bonds is 6. The second-order valence-corrected chi connectivity index (χ2v) is 9.17. The van der Waals surface area contributed by atoms with E-state index in [0.29, 0.717) is 19.0 Å². The molecule has 1 aromatic rings. The zero-order chi connectivity index (χ0) is 17.6. The largest absolute Gasteiger partial charge is 0.357 e. The van der Waals surface area contributed by atoms with Crippen molar-refractivity contribution in [3.63, 3.8) is 0 Å². The van der Waals surface area contributed by atoms with Crippen molar-refractivity contribution in [3.8, 4) is 0 Å². The van der Waals surface area contributed by atoms with Crippen LogP contribution in [0.3, 0.4) is 0 Å². The van der Waals surface area contributed by atoms with Crippen LogP contribution in [0, 0.1) is 5.92 Å². The summed E-state index contributed by atoms with van der Waals surface area (Å²) in [5.41, 5.74) is 0. The van der Waals surface area contributed by atoms with Crippen LogP contribution < -0.4 is 10.6 Å². The molecule has 0 bridgehead atoms. The molecular weight excluding hydrogens is 471 g/mol. The van der Waals surface area contributed by atoms with E-state index >= 15 is 0 Å². The van der Waals surface area contributed by atoms with Crippen LogP contribution in [0.4, 0.5) is 0 Å². The van der Waals surface area contributed by atoms with Crippen molar-refractivity contribution < 1.29 is 8.42 Å². The highest BCUT2D eigenvalue weighted by Crippen LogP contribution is 2.20. The molecule has 0 radical (unpaired) electrons. The summed E-state index contributed by atoms with van der Waals surface area (Å²) in [5, 5.41) is 8.80. The van der Waals surface area contributed by atoms with Gasteiger partial charge in [-0.05, 0) is 44.1 Å². The topological polar surface area (TPSA) is 73.8 Å². The zero-order valence-electron chi connectivity index (χ0n) is 15.1. The van der Waals surface area contributed by atoms with Crippen LogP contribution >= 0.6 is 35.3 Å². The van der Waals surface area contributed by atoms with Gasteiger partial charge in [-0.1, -0.05) is 6.07 Å². The lowest BCUT2D eigenvalue weighted by molar-refractivity contribution is 0.280. The fraction of sp³-hybridized carbons (Fsp3) is 0.688. The molecule has 25 heavy (non-hydrogen) atoms. The van der Waals surface area contributed by atoms with Crippen LogP contribution in [-0.2, 0) is 10.0 Å². The molecule has 1 atom stereocenters. The lowest BCUT2D eigenvalue weighted by Crippen LogP contribution is -2.40. The summed E-state index contributed by atoms with van der Waals surface area (Å²) in [5.74, 6) is 1.26. The molecule has 1 unspecified atom stereocenters. The summed E-state index contributed by atoms with van der Waals surface area (Å²) in [7, 11) is -3.06. The third-order valence-electron chi connectivity index (χ3n) is 4.22. The van der Waals surface area contributed by atoms with E-state index in [1.54, 1.807) is 15.6 Å². The molecule has 1 saturated heterocycles. The van der Waals surface area contributed by atoms with Gasteiger partial charge in [0.15, 0.2) is 5.96 Å². The first-order valence-corrected chi connectivity index (χ1v) is 11.2. The minimum atomic E-state index is -3.06. The molecular formula is C16H29IN4O2S2. The maximum absolute atomic E-state index is 11.6. The Morgan fingerprint density at radius 2 is 2.12 bits per heavy atom. The molecule has 2 rings (SSSR count). The van der Waals surface area contributed by atoms with E-state index in [9.17, 15) is 8.42 Å². The Morgan fingerprint density at radius 1 is 1.44 bits per heavy atom. The number of aliphatic imine (C=N–C) groups is 1. The molecule has 9 heteroatoms. The van der Waals surface area contributed by atoms with Crippen molar-refractivity contribution >= 4 is 51.3 Å². The Kier molecular flexibility index (Phi) is 9.68. The molecule has 0 saturated carbocycles.